The van der Waals surface area contributed by atoms with Crippen molar-refractivity contribution >= 4 is 11.6 Å². The molecule has 0 bridgehead atoms. The van der Waals surface area contributed by atoms with Gasteiger partial charge in [-0.15, -0.1) is 0 Å². The van der Waals surface area contributed by atoms with Crippen molar-refractivity contribution in [2.45, 2.75) is 13.5 Å². The van der Waals surface area contributed by atoms with Gasteiger partial charge in [0.15, 0.2) is 5.96 Å². The summed E-state index contributed by atoms with van der Waals surface area (Å²) in [6.07, 6.45) is 1.56. The minimum absolute atomic E-state index is 0.523. The first-order valence-corrected chi connectivity index (χ1v) is 8.96. The van der Waals surface area contributed by atoms with E-state index in [0.717, 1.165) is 50.3 Å². The van der Waals surface area contributed by atoms with E-state index in [4.69, 9.17) is 9.73 Å². The van der Waals surface area contributed by atoms with Gasteiger partial charge in [-0.05, 0) is 19.1 Å². The zero-order valence-electron chi connectivity index (χ0n) is 15.7. The van der Waals surface area contributed by atoms with Crippen molar-refractivity contribution in [2.75, 3.05) is 44.7 Å². The quantitative estimate of drug-likeness (QED) is 0.639. The number of nitrogens with zero attached hydrogens (tertiary/aromatic N) is 6. The Labute approximate surface area is 154 Å². The second-order valence-electron chi connectivity index (χ2n) is 6.15. The van der Waals surface area contributed by atoms with Gasteiger partial charge in [-0.3, -0.25) is 4.68 Å². The van der Waals surface area contributed by atoms with E-state index in [2.05, 4.69) is 44.3 Å². The molecule has 0 unspecified atom stereocenters. The molecule has 2 aromatic rings. The van der Waals surface area contributed by atoms with E-state index in [1.54, 1.807) is 18.1 Å². The van der Waals surface area contributed by atoms with Gasteiger partial charge >= 0.3 is 0 Å². The molecular weight excluding hydrogens is 330 g/mol. The van der Waals surface area contributed by atoms with Crippen LogP contribution in [0.1, 0.15) is 12.7 Å². The summed E-state index contributed by atoms with van der Waals surface area (Å²) in [5, 5.41) is 7.48. The van der Waals surface area contributed by atoms with Gasteiger partial charge in [0.05, 0.1) is 7.11 Å². The molecule has 0 atom stereocenters. The van der Waals surface area contributed by atoms with Crippen LogP contribution in [0.25, 0.3) is 0 Å². The van der Waals surface area contributed by atoms with Crippen LogP contribution in [0, 0.1) is 0 Å². The smallest absolute Gasteiger partial charge is 0.194 e. The summed E-state index contributed by atoms with van der Waals surface area (Å²) in [6, 6.07) is 8.23. The molecule has 3 rings (SSSR count). The SMILES string of the molecule is CCNC(=NCc1ncnn1C)N1CCN(c2cccc(OC)c2)CC1. The first-order chi connectivity index (χ1) is 12.7. The summed E-state index contributed by atoms with van der Waals surface area (Å²) in [6.45, 7) is 7.18. The highest BCUT2D eigenvalue weighted by molar-refractivity contribution is 5.80. The molecule has 1 saturated heterocycles. The van der Waals surface area contributed by atoms with Gasteiger partial charge in [0.25, 0.3) is 0 Å². The number of rotatable bonds is 5. The van der Waals surface area contributed by atoms with Gasteiger partial charge in [-0.25, -0.2) is 9.98 Å². The molecular formula is C18H27N7O. The number of methoxy groups -OCH3 is 1. The van der Waals surface area contributed by atoms with Crippen LogP contribution < -0.4 is 15.0 Å². The number of piperazine rings is 1. The zero-order valence-corrected chi connectivity index (χ0v) is 15.7. The van der Waals surface area contributed by atoms with Crippen LogP contribution in [0.5, 0.6) is 5.75 Å². The van der Waals surface area contributed by atoms with Gasteiger partial charge in [0.1, 0.15) is 24.4 Å². The second kappa shape index (κ2) is 8.55. The summed E-state index contributed by atoms with van der Waals surface area (Å²) in [4.78, 5) is 13.7. The highest BCUT2D eigenvalue weighted by Gasteiger charge is 2.20. The molecule has 1 aliphatic heterocycles. The Morgan fingerprint density at radius 1 is 1.27 bits per heavy atom. The van der Waals surface area contributed by atoms with E-state index >= 15 is 0 Å². The number of aromatic nitrogens is 3. The molecule has 0 spiro atoms. The number of benzene rings is 1. The predicted molar refractivity (Wildman–Crippen MR) is 103 cm³/mol. The third-order valence-corrected chi connectivity index (χ3v) is 4.51. The Morgan fingerprint density at radius 2 is 2.08 bits per heavy atom. The van der Waals surface area contributed by atoms with Gasteiger partial charge in [0.2, 0.25) is 0 Å². The summed E-state index contributed by atoms with van der Waals surface area (Å²) in [7, 11) is 3.59. The Morgan fingerprint density at radius 3 is 2.73 bits per heavy atom. The molecule has 1 aromatic heterocycles. The summed E-state index contributed by atoms with van der Waals surface area (Å²) in [5.41, 5.74) is 1.20. The maximum Gasteiger partial charge on any atom is 0.194 e. The monoisotopic (exact) mass is 357 g/mol. The van der Waals surface area contributed by atoms with Crippen LogP contribution in [0.2, 0.25) is 0 Å². The number of guanidine groups is 1. The van der Waals surface area contributed by atoms with Gasteiger partial charge in [-0.1, -0.05) is 6.07 Å². The lowest BCUT2D eigenvalue weighted by Crippen LogP contribution is -2.52. The fourth-order valence-electron chi connectivity index (χ4n) is 3.02. The molecule has 8 nitrogen and oxygen atoms in total. The highest BCUT2D eigenvalue weighted by Crippen LogP contribution is 2.22. The van der Waals surface area contributed by atoms with Crippen LogP contribution in [0.15, 0.2) is 35.6 Å². The number of nitrogens with one attached hydrogen (secondary N) is 1. The third-order valence-electron chi connectivity index (χ3n) is 4.51. The van der Waals surface area contributed by atoms with Crippen molar-refractivity contribution in [3.63, 3.8) is 0 Å². The number of hydrogen-bond acceptors (Lipinski definition) is 5. The minimum Gasteiger partial charge on any atom is -0.497 e. The van der Waals surface area contributed by atoms with Gasteiger partial charge < -0.3 is 19.9 Å². The largest absolute Gasteiger partial charge is 0.497 e. The summed E-state index contributed by atoms with van der Waals surface area (Å²) in [5.74, 6) is 2.68. The molecule has 1 fully saturated rings. The number of aryl methyl sites for hydroxylation is 1. The van der Waals surface area contributed by atoms with Crippen molar-refractivity contribution in [3.8, 4) is 5.75 Å². The number of anilines is 1. The van der Waals surface area contributed by atoms with E-state index < -0.39 is 0 Å². The topological polar surface area (TPSA) is 70.8 Å². The van der Waals surface area contributed by atoms with Crippen LogP contribution in [0.4, 0.5) is 5.69 Å². The number of ether oxygens (including phenoxy) is 1. The van der Waals surface area contributed by atoms with E-state index in [-0.39, 0.29) is 0 Å². The normalized spacial score (nSPS) is 15.3. The third kappa shape index (κ3) is 4.25. The lowest BCUT2D eigenvalue weighted by molar-refractivity contribution is 0.371. The molecule has 26 heavy (non-hydrogen) atoms. The first-order valence-electron chi connectivity index (χ1n) is 8.96. The Hall–Kier alpha value is -2.77. The van der Waals surface area contributed by atoms with Crippen molar-refractivity contribution in [1.82, 2.24) is 25.0 Å². The van der Waals surface area contributed by atoms with Crippen molar-refractivity contribution in [3.05, 3.63) is 36.4 Å². The van der Waals surface area contributed by atoms with Crippen LogP contribution in [0.3, 0.4) is 0 Å². The predicted octanol–water partition coefficient (Wildman–Crippen LogP) is 1.11. The summed E-state index contributed by atoms with van der Waals surface area (Å²) >= 11 is 0. The molecule has 0 aliphatic carbocycles. The molecule has 140 valence electrons. The average Bonchev–Trinajstić information content (AvgIpc) is 3.10. The van der Waals surface area contributed by atoms with Gasteiger partial charge in [-0.2, -0.15) is 5.10 Å². The minimum atomic E-state index is 0.523. The lowest BCUT2D eigenvalue weighted by atomic mass is 10.2. The van der Waals surface area contributed by atoms with E-state index in [0.29, 0.717) is 6.54 Å². The van der Waals surface area contributed by atoms with Crippen molar-refractivity contribution < 1.29 is 4.74 Å². The second-order valence-corrected chi connectivity index (χ2v) is 6.15. The fraction of sp³-hybridized carbons (Fsp3) is 0.500. The molecule has 0 amide bonds. The van der Waals surface area contributed by atoms with E-state index in [1.807, 2.05) is 19.2 Å². The van der Waals surface area contributed by atoms with Crippen molar-refractivity contribution in [1.29, 1.82) is 0 Å². The standard InChI is InChI=1S/C18H27N7O/c1-4-19-18(20-13-17-21-14-22-23(17)2)25-10-8-24(9-11-25)15-6-5-7-16(12-15)26-3/h5-7,12,14H,4,8-11,13H2,1-3H3,(H,19,20). The molecule has 1 N–H and O–H groups in total. The zero-order chi connectivity index (χ0) is 18.4. The lowest BCUT2D eigenvalue weighted by Gasteiger charge is -2.37. The van der Waals surface area contributed by atoms with Gasteiger partial charge in [0, 0.05) is 51.5 Å². The van der Waals surface area contributed by atoms with Crippen molar-refractivity contribution in [2.24, 2.45) is 12.0 Å². The molecule has 2 heterocycles. The summed E-state index contributed by atoms with van der Waals surface area (Å²) < 4.78 is 7.09. The maximum absolute atomic E-state index is 5.33. The molecule has 0 saturated carbocycles. The molecule has 1 aromatic carbocycles. The fourth-order valence-corrected chi connectivity index (χ4v) is 3.02. The highest BCUT2D eigenvalue weighted by atomic mass is 16.5. The van der Waals surface area contributed by atoms with E-state index in [1.165, 1.54) is 5.69 Å². The first kappa shape index (κ1) is 18.0. The van der Waals surface area contributed by atoms with E-state index in [9.17, 15) is 0 Å². The molecule has 8 heteroatoms. The Balaban J connectivity index is 1.63. The van der Waals surface area contributed by atoms with Crippen LogP contribution in [-0.2, 0) is 13.6 Å². The molecule has 1 aliphatic rings. The Bertz CT molecular complexity index is 735. The maximum atomic E-state index is 5.33. The van der Waals surface area contributed by atoms with Crippen LogP contribution in [-0.4, -0.2) is 65.5 Å². The Kier molecular flexibility index (Phi) is 5.93. The molecule has 0 radical (unpaired) electrons. The van der Waals surface area contributed by atoms with Crippen LogP contribution >= 0.6 is 0 Å². The number of hydrogen-bond donors (Lipinski definition) is 1. The number of aliphatic imine (C=N–C) groups is 1. The average molecular weight is 357 g/mol.